The van der Waals surface area contributed by atoms with Crippen molar-refractivity contribution in [3.63, 3.8) is 0 Å². The Morgan fingerprint density at radius 3 is 3.00 bits per heavy atom. The van der Waals surface area contributed by atoms with E-state index in [1.54, 1.807) is 0 Å². The summed E-state index contributed by atoms with van der Waals surface area (Å²) in [4.78, 5) is 0. The molecule has 0 aromatic heterocycles. The zero-order valence-corrected chi connectivity index (χ0v) is 10.1. The molecule has 0 spiro atoms. The molecule has 1 aliphatic carbocycles. The second kappa shape index (κ2) is 6.03. The maximum Gasteiger partial charge on any atom is 0.119 e. The fourth-order valence-electron chi connectivity index (χ4n) is 2.25. The van der Waals surface area contributed by atoms with Crippen molar-refractivity contribution in [3.8, 4) is 5.75 Å². The number of fused-ring (bicyclic) bond motifs is 1. The Kier molecular flexibility index (Phi) is 4.40. The van der Waals surface area contributed by atoms with Crippen molar-refractivity contribution in [3.05, 3.63) is 29.3 Å². The highest BCUT2D eigenvalue weighted by molar-refractivity contribution is 5.38. The number of hydrogen-bond acceptors (Lipinski definition) is 3. The minimum Gasteiger partial charge on any atom is -0.494 e. The van der Waals surface area contributed by atoms with Crippen LogP contribution in [0, 0.1) is 0 Å². The SMILES string of the molecule is OCCCCOc1ccc2c(c1)[C@@H](O)CCC2. The molecular weight excluding hydrogens is 216 g/mol. The fraction of sp³-hybridized carbons (Fsp3) is 0.571. The summed E-state index contributed by atoms with van der Waals surface area (Å²) < 4.78 is 5.60. The third-order valence-electron chi connectivity index (χ3n) is 3.22. The van der Waals surface area contributed by atoms with Crippen molar-refractivity contribution in [2.24, 2.45) is 0 Å². The van der Waals surface area contributed by atoms with Gasteiger partial charge in [0.2, 0.25) is 0 Å². The van der Waals surface area contributed by atoms with E-state index in [9.17, 15) is 5.11 Å². The van der Waals surface area contributed by atoms with Crippen LogP contribution in [0.2, 0.25) is 0 Å². The monoisotopic (exact) mass is 236 g/mol. The molecule has 0 saturated heterocycles. The molecule has 0 unspecified atom stereocenters. The number of rotatable bonds is 5. The normalized spacial score (nSPS) is 18.8. The van der Waals surface area contributed by atoms with E-state index in [0.29, 0.717) is 6.61 Å². The Labute approximate surface area is 102 Å². The highest BCUT2D eigenvalue weighted by Crippen LogP contribution is 2.32. The summed E-state index contributed by atoms with van der Waals surface area (Å²) in [6.45, 7) is 0.835. The molecule has 1 aromatic carbocycles. The van der Waals surface area contributed by atoms with Crippen molar-refractivity contribution in [2.45, 2.75) is 38.2 Å². The van der Waals surface area contributed by atoms with Gasteiger partial charge in [0.15, 0.2) is 0 Å². The molecular formula is C14H20O3. The summed E-state index contributed by atoms with van der Waals surface area (Å²) in [5.74, 6) is 0.822. The molecule has 0 bridgehead atoms. The molecule has 0 aliphatic heterocycles. The second-order valence-corrected chi connectivity index (χ2v) is 4.55. The van der Waals surface area contributed by atoms with Gasteiger partial charge in [-0.3, -0.25) is 0 Å². The first-order chi connectivity index (χ1) is 8.31. The van der Waals surface area contributed by atoms with Crippen LogP contribution in [-0.4, -0.2) is 23.4 Å². The predicted octanol–water partition coefficient (Wildman–Crippen LogP) is 2.21. The van der Waals surface area contributed by atoms with Crippen molar-refractivity contribution >= 4 is 0 Å². The number of benzene rings is 1. The van der Waals surface area contributed by atoms with E-state index in [1.807, 2.05) is 12.1 Å². The van der Waals surface area contributed by atoms with E-state index in [0.717, 1.165) is 43.4 Å². The molecule has 94 valence electrons. The molecule has 17 heavy (non-hydrogen) atoms. The maximum atomic E-state index is 9.91. The number of aliphatic hydroxyl groups is 2. The molecule has 3 heteroatoms. The average Bonchev–Trinajstić information content (AvgIpc) is 2.36. The molecule has 0 saturated carbocycles. The van der Waals surface area contributed by atoms with Gasteiger partial charge in [-0.15, -0.1) is 0 Å². The van der Waals surface area contributed by atoms with Gasteiger partial charge in [-0.1, -0.05) is 6.07 Å². The summed E-state index contributed by atoms with van der Waals surface area (Å²) in [6.07, 6.45) is 4.26. The molecule has 2 N–H and O–H groups in total. The van der Waals surface area contributed by atoms with Crippen LogP contribution in [0.25, 0.3) is 0 Å². The van der Waals surface area contributed by atoms with E-state index in [1.165, 1.54) is 5.56 Å². The van der Waals surface area contributed by atoms with Gasteiger partial charge in [0.05, 0.1) is 12.7 Å². The Morgan fingerprint density at radius 2 is 2.18 bits per heavy atom. The third-order valence-corrected chi connectivity index (χ3v) is 3.22. The Morgan fingerprint density at radius 1 is 1.29 bits per heavy atom. The van der Waals surface area contributed by atoms with Gasteiger partial charge in [-0.2, -0.15) is 0 Å². The molecule has 0 heterocycles. The predicted molar refractivity (Wildman–Crippen MR) is 66.2 cm³/mol. The number of ether oxygens (including phenoxy) is 1. The van der Waals surface area contributed by atoms with E-state index < -0.39 is 0 Å². The van der Waals surface area contributed by atoms with Crippen molar-refractivity contribution in [1.82, 2.24) is 0 Å². The van der Waals surface area contributed by atoms with Crippen LogP contribution in [0.3, 0.4) is 0 Å². The maximum absolute atomic E-state index is 9.91. The van der Waals surface area contributed by atoms with Crippen LogP contribution in [0.4, 0.5) is 0 Å². The van der Waals surface area contributed by atoms with Crippen LogP contribution in [-0.2, 0) is 6.42 Å². The van der Waals surface area contributed by atoms with E-state index in [4.69, 9.17) is 9.84 Å². The minimum atomic E-state index is -0.334. The zero-order valence-electron chi connectivity index (χ0n) is 10.1. The van der Waals surface area contributed by atoms with Crippen LogP contribution >= 0.6 is 0 Å². The van der Waals surface area contributed by atoms with E-state index in [-0.39, 0.29) is 12.7 Å². The first-order valence-corrected chi connectivity index (χ1v) is 6.36. The fourth-order valence-corrected chi connectivity index (χ4v) is 2.25. The number of hydrogen-bond donors (Lipinski definition) is 2. The lowest BCUT2D eigenvalue weighted by Gasteiger charge is -2.21. The lowest BCUT2D eigenvalue weighted by Crippen LogP contribution is -2.09. The second-order valence-electron chi connectivity index (χ2n) is 4.55. The van der Waals surface area contributed by atoms with Gasteiger partial charge in [0.1, 0.15) is 5.75 Å². The van der Waals surface area contributed by atoms with Crippen LogP contribution < -0.4 is 4.74 Å². The number of unbranched alkanes of at least 4 members (excludes halogenated alkanes) is 1. The van der Waals surface area contributed by atoms with Gasteiger partial charge in [-0.05, 0) is 55.4 Å². The Balaban J connectivity index is 1.97. The Hall–Kier alpha value is -1.06. The Bertz CT molecular complexity index is 362. The lowest BCUT2D eigenvalue weighted by molar-refractivity contribution is 0.156. The standard InChI is InChI=1S/C14H20O3/c15-8-1-2-9-17-12-7-6-11-4-3-5-14(16)13(11)10-12/h6-7,10,14-16H,1-5,8-9H2/t14-/m0/s1. The third kappa shape index (κ3) is 3.20. The largest absolute Gasteiger partial charge is 0.494 e. The zero-order chi connectivity index (χ0) is 12.1. The van der Waals surface area contributed by atoms with Crippen molar-refractivity contribution in [2.75, 3.05) is 13.2 Å². The topological polar surface area (TPSA) is 49.7 Å². The quantitative estimate of drug-likeness (QED) is 0.771. The lowest BCUT2D eigenvalue weighted by atomic mass is 9.89. The number of aliphatic hydroxyl groups excluding tert-OH is 2. The van der Waals surface area contributed by atoms with Gasteiger partial charge in [-0.25, -0.2) is 0 Å². The average molecular weight is 236 g/mol. The van der Waals surface area contributed by atoms with Gasteiger partial charge in [0, 0.05) is 6.61 Å². The smallest absolute Gasteiger partial charge is 0.119 e. The molecule has 2 rings (SSSR count). The van der Waals surface area contributed by atoms with Crippen LogP contribution in [0.5, 0.6) is 5.75 Å². The van der Waals surface area contributed by atoms with Gasteiger partial charge in [0.25, 0.3) is 0 Å². The summed E-state index contributed by atoms with van der Waals surface area (Å²) in [7, 11) is 0. The highest BCUT2D eigenvalue weighted by atomic mass is 16.5. The molecule has 1 aliphatic rings. The van der Waals surface area contributed by atoms with Gasteiger partial charge < -0.3 is 14.9 Å². The molecule has 1 aromatic rings. The molecule has 0 amide bonds. The molecule has 3 nitrogen and oxygen atoms in total. The van der Waals surface area contributed by atoms with Gasteiger partial charge >= 0.3 is 0 Å². The summed E-state index contributed by atoms with van der Waals surface area (Å²) >= 11 is 0. The first kappa shape index (κ1) is 12.4. The minimum absolute atomic E-state index is 0.215. The summed E-state index contributed by atoms with van der Waals surface area (Å²) in [5, 5.41) is 18.6. The highest BCUT2D eigenvalue weighted by Gasteiger charge is 2.18. The van der Waals surface area contributed by atoms with Crippen LogP contribution in [0.15, 0.2) is 18.2 Å². The molecule has 0 radical (unpaired) electrons. The molecule has 1 atom stereocenters. The van der Waals surface area contributed by atoms with Crippen molar-refractivity contribution in [1.29, 1.82) is 0 Å². The van der Waals surface area contributed by atoms with Crippen molar-refractivity contribution < 1.29 is 14.9 Å². The molecule has 0 fully saturated rings. The number of aryl methyl sites for hydroxylation is 1. The summed E-state index contributed by atoms with van der Waals surface area (Å²) in [6, 6.07) is 5.98. The summed E-state index contributed by atoms with van der Waals surface area (Å²) in [5.41, 5.74) is 2.27. The van der Waals surface area contributed by atoms with E-state index >= 15 is 0 Å². The van der Waals surface area contributed by atoms with E-state index in [2.05, 4.69) is 6.07 Å². The van der Waals surface area contributed by atoms with Crippen LogP contribution in [0.1, 0.15) is 42.9 Å². The first-order valence-electron chi connectivity index (χ1n) is 6.36.